The molecule has 2 atom stereocenters. The second-order valence-electron chi connectivity index (χ2n) is 4.43. The lowest BCUT2D eigenvalue weighted by molar-refractivity contribution is 0.0876. The molecule has 0 saturated carbocycles. The van der Waals surface area contributed by atoms with Crippen LogP contribution in [0.5, 0.6) is 0 Å². The highest BCUT2D eigenvalue weighted by atomic mass is 16.5. The van der Waals surface area contributed by atoms with Gasteiger partial charge in [0, 0.05) is 24.3 Å². The van der Waals surface area contributed by atoms with E-state index >= 15 is 0 Å². The van der Waals surface area contributed by atoms with Crippen molar-refractivity contribution >= 4 is 0 Å². The number of H-pyrrole nitrogens is 1. The number of nitrogens with one attached hydrogen (secondary N) is 1. The Kier molecular flexibility index (Phi) is 3.44. The second-order valence-corrected chi connectivity index (χ2v) is 4.43. The predicted molar refractivity (Wildman–Crippen MR) is 61.0 cm³/mol. The highest BCUT2D eigenvalue weighted by molar-refractivity contribution is 5.01. The van der Waals surface area contributed by atoms with E-state index < -0.39 is 5.69 Å². The first-order chi connectivity index (χ1) is 8.11. The number of aliphatic hydroxyl groups is 1. The van der Waals surface area contributed by atoms with Gasteiger partial charge in [0.15, 0.2) is 0 Å². The quantitative estimate of drug-likeness (QED) is 0.727. The maximum absolute atomic E-state index is 11.8. The van der Waals surface area contributed by atoms with Crippen molar-refractivity contribution in [3.05, 3.63) is 32.6 Å². The van der Waals surface area contributed by atoms with Gasteiger partial charge < -0.3 is 14.8 Å². The molecule has 2 rings (SSSR count). The van der Waals surface area contributed by atoms with Crippen molar-refractivity contribution in [3.8, 4) is 0 Å². The molecule has 0 spiro atoms. The summed E-state index contributed by atoms with van der Waals surface area (Å²) >= 11 is 0. The van der Waals surface area contributed by atoms with E-state index in [-0.39, 0.29) is 30.7 Å². The summed E-state index contributed by atoms with van der Waals surface area (Å²) in [6, 6.07) is 0. The van der Waals surface area contributed by atoms with Crippen LogP contribution < -0.4 is 11.2 Å². The molecule has 0 bridgehead atoms. The van der Waals surface area contributed by atoms with Gasteiger partial charge in [-0.15, -0.1) is 0 Å². The lowest BCUT2D eigenvalue weighted by Crippen LogP contribution is -2.39. The summed E-state index contributed by atoms with van der Waals surface area (Å²) in [5.41, 5.74) is -0.206. The SMILES string of the molecule is Cc1c[nH]c(=O)n(CC2CC(CO)CO2)c1=O. The third kappa shape index (κ3) is 2.48. The number of ether oxygens (including phenoxy) is 1. The molecule has 17 heavy (non-hydrogen) atoms. The lowest BCUT2D eigenvalue weighted by atomic mass is 10.1. The minimum absolute atomic E-state index is 0.0789. The molecule has 2 unspecified atom stereocenters. The topological polar surface area (TPSA) is 84.3 Å². The second kappa shape index (κ2) is 4.85. The highest BCUT2D eigenvalue weighted by Crippen LogP contribution is 2.19. The van der Waals surface area contributed by atoms with Crippen molar-refractivity contribution in [1.29, 1.82) is 0 Å². The largest absolute Gasteiger partial charge is 0.396 e. The summed E-state index contributed by atoms with van der Waals surface area (Å²) in [5.74, 6) is 0.111. The average Bonchev–Trinajstić information content (AvgIpc) is 2.77. The first-order valence-corrected chi connectivity index (χ1v) is 5.63. The Balaban J connectivity index is 2.17. The van der Waals surface area contributed by atoms with E-state index in [0.29, 0.717) is 18.6 Å². The zero-order valence-corrected chi connectivity index (χ0v) is 9.68. The molecule has 1 fully saturated rings. The summed E-state index contributed by atoms with van der Waals surface area (Å²) in [4.78, 5) is 25.8. The standard InChI is InChI=1S/C11H16N2O4/c1-7-3-12-11(16)13(10(7)15)4-9-2-8(5-14)6-17-9/h3,8-9,14H,2,4-6H2,1H3,(H,12,16). The van der Waals surface area contributed by atoms with Gasteiger partial charge in [-0.3, -0.25) is 9.36 Å². The summed E-state index contributed by atoms with van der Waals surface area (Å²) in [5, 5.41) is 8.99. The molecule has 0 amide bonds. The minimum Gasteiger partial charge on any atom is -0.396 e. The van der Waals surface area contributed by atoms with Crippen LogP contribution in [0.4, 0.5) is 0 Å². The number of hydrogen-bond donors (Lipinski definition) is 2. The Labute approximate surface area is 97.9 Å². The van der Waals surface area contributed by atoms with Gasteiger partial charge in [0.05, 0.1) is 19.3 Å². The van der Waals surface area contributed by atoms with Gasteiger partial charge in [0.2, 0.25) is 0 Å². The van der Waals surface area contributed by atoms with Gasteiger partial charge in [-0.05, 0) is 13.3 Å². The number of aliphatic hydroxyl groups excluding tert-OH is 1. The van der Waals surface area contributed by atoms with Crippen LogP contribution in [0.3, 0.4) is 0 Å². The van der Waals surface area contributed by atoms with Gasteiger partial charge >= 0.3 is 5.69 Å². The summed E-state index contributed by atoms with van der Waals surface area (Å²) in [7, 11) is 0. The molecule has 1 aromatic rings. The summed E-state index contributed by atoms with van der Waals surface area (Å²) < 4.78 is 6.59. The Hall–Kier alpha value is -1.40. The van der Waals surface area contributed by atoms with Gasteiger partial charge in [0.25, 0.3) is 5.56 Å². The van der Waals surface area contributed by atoms with Gasteiger partial charge in [-0.25, -0.2) is 4.79 Å². The summed E-state index contributed by atoms with van der Waals surface area (Å²) in [6.45, 7) is 2.46. The smallest absolute Gasteiger partial charge is 0.328 e. The van der Waals surface area contributed by atoms with E-state index in [1.807, 2.05) is 0 Å². The third-order valence-corrected chi connectivity index (χ3v) is 3.05. The molecule has 6 nitrogen and oxygen atoms in total. The van der Waals surface area contributed by atoms with Crippen LogP contribution >= 0.6 is 0 Å². The normalized spacial score (nSPS) is 24.1. The third-order valence-electron chi connectivity index (χ3n) is 3.05. The molecule has 2 heterocycles. The fourth-order valence-corrected chi connectivity index (χ4v) is 2.02. The van der Waals surface area contributed by atoms with E-state index in [0.717, 1.165) is 4.57 Å². The van der Waals surface area contributed by atoms with Crippen LogP contribution in [0, 0.1) is 12.8 Å². The number of aromatic nitrogens is 2. The number of nitrogens with zero attached hydrogens (tertiary/aromatic N) is 1. The fourth-order valence-electron chi connectivity index (χ4n) is 2.02. The number of hydrogen-bond acceptors (Lipinski definition) is 4. The van der Waals surface area contributed by atoms with E-state index in [9.17, 15) is 9.59 Å². The molecule has 1 aromatic heterocycles. The van der Waals surface area contributed by atoms with Crippen LogP contribution in [0.2, 0.25) is 0 Å². The summed E-state index contributed by atoms with van der Waals surface area (Å²) in [6.07, 6.45) is 1.91. The monoisotopic (exact) mass is 240 g/mol. The molecule has 0 aliphatic carbocycles. The average molecular weight is 240 g/mol. The molecule has 94 valence electrons. The molecular weight excluding hydrogens is 224 g/mol. The highest BCUT2D eigenvalue weighted by Gasteiger charge is 2.25. The van der Waals surface area contributed by atoms with E-state index in [1.54, 1.807) is 6.92 Å². The van der Waals surface area contributed by atoms with E-state index in [2.05, 4.69) is 4.98 Å². The molecule has 2 N–H and O–H groups in total. The van der Waals surface area contributed by atoms with Crippen LogP contribution in [0.1, 0.15) is 12.0 Å². The number of aromatic amines is 1. The lowest BCUT2D eigenvalue weighted by Gasteiger charge is -2.11. The molecule has 1 aliphatic rings. The van der Waals surface area contributed by atoms with Crippen molar-refractivity contribution in [2.75, 3.05) is 13.2 Å². The molecule has 1 saturated heterocycles. The van der Waals surface area contributed by atoms with Crippen molar-refractivity contribution in [2.45, 2.75) is 26.0 Å². The Bertz CT molecular complexity index is 505. The van der Waals surface area contributed by atoms with E-state index in [4.69, 9.17) is 9.84 Å². The first kappa shape index (κ1) is 12.1. The zero-order chi connectivity index (χ0) is 12.4. The molecule has 6 heteroatoms. The van der Waals surface area contributed by atoms with Gasteiger partial charge in [-0.2, -0.15) is 0 Å². The van der Waals surface area contributed by atoms with Crippen LogP contribution in [0.25, 0.3) is 0 Å². The molecule has 0 radical (unpaired) electrons. The minimum atomic E-state index is -0.420. The maximum Gasteiger partial charge on any atom is 0.328 e. The van der Waals surface area contributed by atoms with Crippen molar-refractivity contribution in [1.82, 2.24) is 9.55 Å². The molecule has 0 aromatic carbocycles. The van der Waals surface area contributed by atoms with Crippen LogP contribution in [0.15, 0.2) is 15.8 Å². The van der Waals surface area contributed by atoms with Gasteiger partial charge in [-0.1, -0.05) is 0 Å². The Morgan fingerprint density at radius 3 is 3.00 bits per heavy atom. The predicted octanol–water partition coefficient (Wildman–Crippen LogP) is -0.758. The Morgan fingerprint density at radius 2 is 2.35 bits per heavy atom. The van der Waals surface area contributed by atoms with Crippen LogP contribution in [-0.4, -0.2) is 34.0 Å². The Morgan fingerprint density at radius 1 is 1.59 bits per heavy atom. The van der Waals surface area contributed by atoms with Crippen molar-refractivity contribution in [3.63, 3.8) is 0 Å². The van der Waals surface area contributed by atoms with Crippen molar-refractivity contribution in [2.24, 2.45) is 5.92 Å². The van der Waals surface area contributed by atoms with Crippen molar-refractivity contribution < 1.29 is 9.84 Å². The van der Waals surface area contributed by atoms with Gasteiger partial charge in [0.1, 0.15) is 0 Å². The molecule has 1 aliphatic heterocycles. The maximum atomic E-state index is 11.8. The fraction of sp³-hybridized carbons (Fsp3) is 0.636. The van der Waals surface area contributed by atoms with E-state index in [1.165, 1.54) is 6.20 Å². The first-order valence-electron chi connectivity index (χ1n) is 5.63. The van der Waals surface area contributed by atoms with Crippen LogP contribution in [-0.2, 0) is 11.3 Å². The number of rotatable bonds is 3. The molecular formula is C11H16N2O4. The zero-order valence-electron chi connectivity index (χ0n) is 9.68. The number of aryl methyl sites for hydroxylation is 1.